The van der Waals surface area contributed by atoms with Gasteiger partial charge in [-0.1, -0.05) is 121 Å². The summed E-state index contributed by atoms with van der Waals surface area (Å²) in [5.41, 5.74) is 3.30. The molecule has 3 fully saturated rings. The summed E-state index contributed by atoms with van der Waals surface area (Å²) in [6, 6.07) is 35.7. The normalized spacial score (nSPS) is 24.8. The second-order valence-corrected chi connectivity index (χ2v) is 15.0. The zero-order valence-electron chi connectivity index (χ0n) is 32.5. The number of fused-ring (bicyclic) bond motifs is 1. The second kappa shape index (κ2) is 20.1. The van der Waals surface area contributed by atoms with Crippen LogP contribution < -0.4 is 10.6 Å². The summed E-state index contributed by atoms with van der Waals surface area (Å²) in [5.74, 6) is -0.843. The van der Waals surface area contributed by atoms with E-state index in [9.17, 15) is 24.3 Å². The molecule has 2 saturated heterocycles. The number of benzene rings is 4. The molecule has 3 N–H and O–H groups in total. The first-order valence-corrected chi connectivity index (χ1v) is 19.9. The van der Waals surface area contributed by atoms with E-state index in [1.54, 1.807) is 4.90 Å². The molecule has 0 spiro atoms. The molecule has 0 aromatic heterocycles. The summed E-state index contributed by atoms with van der Waals surface area (Å²) in [6.07, 6.45) is -6.14. The summed E-state index contributed by atoms with van der Waals surface area (Å²) in [5, 5.41) is 17.4. The zero-order chi connectivity index (χ0) is 41.0. The van der Waals surface area contributed by atoms with E-state index in [0.717, 1.165) is 22.3 Å². The van der Waals surface area contributed by atoms with E-state index in [4.69, 9.17) is 28.4 Å². The largest absolute Gasteiger partial charge is 0.459 e. The SMILES string of the molecule is O=C1C[C@@H]2C[C@H](NC(=O)OCc3ccccc3)[C@@H](O[C@H]3O[C@H](CN(Cc4ccccc4)C(=O)OCc4ccccc4)CC[C@H]3NC(=O)OCc3ccccc3)[C@H](O)[C@H]2O1. The van der Waals surface area contributed by atoms with Crippen LogP contribution in [0.4, 0.5) is 14.4 Å². The lowest BCUT2D eigenvalue weighted by atomic mass is 9.79. The van der Waals surface area contributed by atoms with Crippen LogP contribution in [0.3, 0.4) is 0 Å². The average molecular weight is 808 g/mol. The third kappa shape index (κ3) is 11.6. The second-order valence-electron chi connectivity index (χ2n) is 15.0. The van der Waals surface area contributed by atoms with Crippen molar-refractivity contribution in [1.82, 2.24) is 15.5 Å². The van der Waals surface area contributed by atoms with Gasteiger partial charge in [0.25, 0.3) is 0 Å². The van der Waals surface area contributed by atoms with E-state index < -0.39 is 67.0 Å². The molecule has 1 saturated carbocycles. The van der Waals surface area contributed by atoms with Crippen molar-refractivity contribution in [3.8, 4) is 0 Å². The van der Waals surface area contributed by atoms with Crippen molar-refractivity contribution in [2.75, 3.05) is 6.54 Å². The van der Waals surface area contributed by atoms with Crippen molar-refractivity contribution < 1.29 is 52.7 Å². The summed E-state index contributed by atoms with van der Waals surface area (Å²) in [6.45, 7) is 0.463. The molecule has 7 rings (SSSR count). The Balaban J connectivity index is 1.09. The molecule has 310 valence electrons. The molecule has 2 heterocycles. The Morgan fingerprint density at radius 1 is 0.678 bits per heavy atom. The lowest BCUT2D eigenvalue weighted by Crippen LogP contribution is -2.62. The van der Waals surface area contributed by atoms with Crippen LogP contribution in [0, 0.1) is 5.92 Å². The van der Waals surface area contributed by atoms with Gasteiger partial charge < -0.3 is 49.1 Å². The number of hydrogen-bond donors (Lipinski definition) is 3. The van der Waals surface area contributed by atoms with Gasteiger partial charge in [-0.25, -0.2) is 14.4 Å². The van der Waals surface area contributed by atoms with Gasteiger partial charge in [0, 0.05) is 12.5 Å². The molecule has 0 bridgehead atoms. The Kier molecular flexibility index (Phi) is 14.1. The van der Waals surface area contributed by atoms with Gasteiger partial charge in [-0.3, -0.25) is 4.79 Å². The van der Waals surface area contributed by atoms with Gasteiger partial charge in [0.15, 0.2) is 6.29 Å². The average Bonchev–Trinajstić information content (AvgIpc) is 3.64. The third-order valence-corrected chi connectivity index (χ3v) is 10.7. The summed E-state index contributed by atoms with van der Waals surface area (Å²) in [4.78, 5) is 54.1. The van der Waals surface area contributed by atoms with Crippen LogP contribution in [-0.2, 0) is 59.6 Å². The number of rotatable bonds is 14. The lowest BCUT2D eigenvalue weighted by molar-refractivity contribution is -0.259. The van der Waals surface area contributed by atoms with Crippen molar-refractivity contribution in [1.29, 1.82) is 0 Å². The predicted octanol–water partition coefficient (Wildman–Crippen LogP) is 6.00. The molecule has 0 radical (unpaired) electrons. The number of aliphatic hydroxyl groups excluding tert-OH is 1. The Morgan fingerprint density at radius 3 is 1.75 bits per heavy atom. The maximum absolute atomic E-state index is 13.7. The number of amides is 3. The van der Waals surface area contributed by atoms with Crippen LogP contribution in [0.15, 0.2) is 121 Å². The molecule has 4 aromatic rings. The predicted molar refractivity (Wildman–Crippen MR) is 212 cm³/mol. The molecule has 1 aliphatic carbocycles. The van der Waals surface area contributed by atoms with E-state index in [-0.39, 0.29) is 51.7 Å². The zero-order valence-corrected chi connectivity index (χ0v) is 32.5. The number of carbonyl (C=O) groups is 4. The first-order valence-electron chi connectivity index (χ1n) is 19.9. The Bertz CT molecular complexity index is 1970. The van der Waals surface area contributed by atoms with Crippen LogP contribution in [0.1, 0.15) is 47.9 Å². The fourth-order valence-electron chi connectivity index (χ4n) is 7.70. The van der Waals surface area contributed by atoms with Crippen molar-refractivity contribution in [3.63, 3.8) is 0 Å². The van der Waals surface area contributed by atoms with E-state index in [0.29, 0.717) is 12.8 Å². The number of carbonyl (C=O) groups excluding carboxylic acids is 4. The number of hydrogen-bond acceptors (Lipinski definition) is 11. The third-order valence-electron chi connectivity index (χ3n) is 10.7. The molecule has 14 nitrogen and oxygen atoms in total. The van der Waals surface area contributed by atoms with Gasteiger partial charge in [0.05, 0.1) is 31.2 Å². The van der Waals surface area contributed by atoms with Crippen LogP contribution in [0.5, 0.6) is 0 Å². The Labute approximate surface area is 342 Å². The molecular weight excluding hydrogens is 759 g/mol. The minimum atomic E-state index is -1.36. The van der Waals surface area contributed by atoms with Crippen molar-refractivity contribution in [2.24, 2.45) is 5.92 Å². The molecule has 59 heavy (non-hydrogen) atoms. The molecular formula is C45H49N3O11. The van der Waals surface area contributed by atoms with E-state index in [1.165, 1.54) is 0 Å². The van der Waals surface area contributed by atoms with Gasteiger partial charge >= 0.3 is 24.2 Å². The van der Waals surface area contributed by atoms with E-state index in [1.807, 2.05) is 121 Å². The van der Waals surface area contributed by atoms with Crippen LogP contribution in [0.2, 0.25) is 0 Å². The smallest absolute Gasteiger partial charge is 0.410 e. The number of ether oxygens (including phenoxy) is 6. The lowest BCUT2D eigenvalue weighted by Gasteiger charge is -2.45. The first-order chi connectivity index (χ1) is 28.8. The molecule has 8 atom stereocenters. The van der Waals surface area contributed by atoms with Gasteiger partial charge in [-0.15, -0.1) is 0 Å². The van der Waals surface area contributed by atoms with Gasteiger partial charge in [0.1, 0.15) is 38.1 Å². The Morgan fingerprint density at radius 2 is 1.19 bits per heavy atom. The molecule has 3 amide bonds. The van der Waals surface area contributed by atoms with Crippen LogP contribution in [0.25, 0.3) is 0 Å². The number of aliphatic hydroxyl groups is 1. The highest BCUT2D eigenvalue weighted by Gasteiger charge is 2.53. The standard InChI is InChI=1S/C45H49N3O11/c49-38-24-34-23-37(47-44(52)55-28-32-17-9-3-10-18-32)41(39(50)40(34)58-38)59-42-36(46-43(51)54-27-31-15-7-2-8-16-31)22-21-35(57-42)26-48(25-30-13-5-1-6-14-30)45(53)56-29-33-19-11-4-12-20-33/h1-20,34-37,39-42,50H,21-29H2,(H,46,51)(H,47,52)/t34-,35-,36+,37-,39+,40-,41+,42+/m0/s1. The van der Waals surface area contributed by atoms with Crippen molar-refractivity contribution in [3.05, 3.63) is 144 Å². The first kappa shape index (κ1) is 41.2. The van der Waals surface area contributed by atoms with Gasteiger partial charge in [0.2, 0.25) is 0 Å². The van der Waals surface area contributed by atoms with Gasteiger partial charge in [-0.2, -0.15) is 0 Å². The summed E-state index contributed by atoms with van der Waals surface area (Å²) >= 11 is 0. The van der Waals surface area contributed by atoms with Crippen molar-refractivity contribution in [2.45, 2.75) is 94.8 Å². The fourth-order valence-corrected chi connectivity index (χ4v) is 7.70. The molecule has 3 aliphatic rings. The maximum atomic E-state index is 13.7. The van der Waals surface area contributed by atoms with E-state index in [2.05, 4.69) is 10.6 Å². The topological polar surface area (TPSA) is 171 Å². The highest BCUT2D eigenvalue weighted by Crippen LogP contribution is 2.38. The maximum Gasteiger partial charge on any atom is 0.410 e. The number of alkyl carbamates (subject to hydrolysis) is 2. The molecule has 0 unspecified atom stereocenters. The highest BCUT2D eigenvalue weighted by molar-refractivity contribution is 5.72. The van der Waals surface area contributed by atoms with Crippen molar-refractivity contribution >= 4 is 24.2 Å². The van der Waals surface area contributed by atoms with Crippen LogP contribution >= 0.6 is 0 Å². The summed E-state index contributed by atoms with van der Waals surface area (Å²) in [7, 11) is 0. The number of esters is 1. The highest BCUT2D eigenvalue weighted by atomic mass is 16.7. The number of nitrogens with zero attached hydrogens (tertiary/aromatic N) is 1. The number of nitrogens with one attached hydrogen (secondary N) is 2. The van der Waals surface area contributed by atoms with Gasteiger partial charge in [-0.05, 0) is 41.5 Å². The molecule has 14 heteroatoms. The molecule has 4 aromatic carbocycles. The quantitative estimate of drug-likeness (QED) is 0.101. The minimum Gasteiger partial charge on any atom is -0.459 e. The van der Waals surface area contributed by atoms with E-state index >= 15 is 0 Å². The minimum absolute atomic E-state index is 0.0128. The summed E-state index contributed by atoms with van der Waals surface area (Å²) < 4.78 is 35.5. The fraction of sp³-hybridized carbons (Fsp3) is 0.378. The molecule has 2 aliphatic heterocycles. The van der Waals surface area contributed by atoms with Crippen LogP contribution in [-0.4, -0.2) is 83.6 Å². The Hall–Kier alpha value is -5.96. The monoisotopic (exact) mass is 807 g/mol.